The monoisotopic (exact) mass is 492 g/mol. The van der Waals surface area contributed by atoms with Crippen molar-refractivity contribution in [2.75, 3.05) is 10.2 Å². The van der Waals surface area contributed by atoms with E-state index in [9.17, 15) is 24.5 Å². The molecule has 3 rings (SSSR count). The van der Waals surface area contributed by atoms with Crippen LogP contribution in [0.25, 0.3) is 0 Å². The van der Waals surface area contributed by atoms with Gasteiger partial charge in [0.15, 0.2) is 5.69 Å². The summed E-state index contributed by atoms with van der Waals surface area (Å²) in [4.78, 5) is 24.3. The highest BCUT2D eigenvalue weighted by Gasteiger charge is 2.28. The van der Waals surface area contributed by atoms with E-state index in [4.69, 9.17) is 4.63 Å². The number of rotatable bonds is 6. The zero-order chi connectivity index (χ0) is 22.5. The minimum atomic E-state index is -0.603. The predicted octanol–water partition coefficient (Wildman–Crippen LogP) is 4.20. The predicted molar refractivity (Wildman–Crippen MR) is 111 cm³/mol. The minimum Gasteiger partial charge on any atom is -0.409 e. The van der Waals surface area contributed by atoms with Crippen molar-refractivity contribution in [3.8, 4) is 0 Å². The summed E-state index contributed by atoms with van der Waals surface area (Å²) >= 11 is 3.05. The molecule has 0 fully saturated rings. The van der Waals surface area contributed by atoms with E-state index in [1.807, 2.05) is 0 Å². The maximum atomic E-state index is 13.5. The molecule has 1 heterocycles. The van der Waals surface area contributed by atoms with Crippen LogP contribution in [-0.4, -0.2) is 32.2 Å². The van der Waals surface area contributed by atoms with Gasteiger partial charge in [0.2, 0.25) is 17.6 Å². The number of benzene rings is 2. The van der Waals surface area contributed by atoms with Crippen LogP contribution in [0.3, 0.4) is 0 Å². The summed E-state index contributed by atoms with van der Waals surface area (Å²) in [5, 5.41) is 33.9. The van der Waals surface area contributed by atoms with Crippen molar-refractivity contribution >= 4 is 50.6 Å². The Hall–Kier alpha value is -3.87. The number of amidine groups is 1. The first-order valence-corrected chi connectivity index (χ1v) is 9.49. The molecule has 0 unspecified atom stereocenters. The molecule has 0 aliphatic carbocycles. The van der Waals surface area contributed by atoms with Crippen LogP contribution >= 0.6 is 15.9 Å². The Morgan fingerprint density at radius 2 is 2.13 bits per heavy atom. The second-order valence-corrected chi connectivity index (χ2v) is 6.85. The quantitative estimate of drug-likeness (QED) is 0.171. The molecule has 13 heteroatoms. The number of anilines is 3. The van der Waals surface area contributed by atoms with E-state index in [2.05, 4.69) is 36.7 Å². The number of carbonyl (C=O) groups excluding carboxylic acids is 1. The van der Waals surface area contributed by atoms with Crippen LogP contribution in [0, 0.1) is 15.9 Å². The SMILES string of the molecule is CCC(=O)N(c1cccc([N+](=O)[O-])c1)c1nonc1/C(=N\O)Nc1ccc(F)c(Br)c1. The van der Waals surface area contributed by atoms with Gasteiger partial charge in [-0.15, -0.1) is 0 Å². The van der Waals surface area contributed by atoms with Crippen molar-refractivity contribution in [1.29, 1.82) is 0 Å². The first kappa shape index (κ1) is 21.8. The van der Waals surface area contributed by atoms with Gasteiger partial charge >= 0.3 is 0 Å². The number of oxime groups is 1. The lowest BCUT2D eigenvalue weighted by molar-refractivity contribution is -0.384. The average molecular weight is 493 g/mol. The van der Waals surface area contributed by atoms with Crippen LogP contribution in [0.4, 0.5) is 27.3 Å². The number of aromatic nitrogens is 2. The lowest BCUT2D eigenvalue weighted by Gasteiger charge is -2.20. The Morgan fingerprint density at radius 1 is 1.35 bits per heavy atom. The molecule has 0 saturated heterocycles. The molecular weight excluding hydrogens is 479 g/mol. The summed E-state index contributed by atoms with van der Waals surface area (Å²) in [7, 11) is 0. The lowest BCUT2D eigenvalue weighted by Crippen LogP contribution is -2.28. The van der Waals surface area contributed by atoms with Crippen LogP contribution in [0.2, 0.25) is 0 Å². The van der Waals surface area contributed by atoms with Crippen LogP contribution in [0.5, 0.6) is 0 Å². The van der Waals surface area contributed by atoms with E-state index in [-0.39, 0.29) is 39.6 Å². The summed E-state index contributed by atoms with van der Waals surface area (Å²) in [6.07, 6.45) is 0.0267. The van der Waals surface area contributed by atoms with Crippen molar-refractivity contribution in [3.63, 3.8) is 0 Å². The number of nitro benzene ring substituents is 1. The van der Waals surface area contributed by atoms with E-state index in [0.29, 0.717) is 5.69 Å². The fourth-order valence-electron chi connectivity index (χ4n) is 2.61. The zero-order valence-corrected chi connectivity index (χ0v) is 17.4. The van der Waals surface area contributed by atoms with Crippen molar-refractivity contribution in [2.45, 2.75) is 13.3 Å². The molecule has 1 amide bonds. The number of hydrogen-bond donors (Lipinski definition) is 2. The lowest BCUT2D eigenvalue weighted by atomic mass is 10.2. The number of carbonyl (C=O) groups is 1. The highest BCUT2D eigenvalue weighted by molar-refractivity contribution is 9.10. The van der Waals surface area contributed by atoms with Gasteiger partial charge in [0.05, 0.1) is 15.1 Å². The molecule has 0 saturated carbocycles. The molecular formula is C18H14BrFN6O5. The smallest absolute Gasteiger partial charge is 0.271 e. The molecule has 160 valence electrons. The van der Waals surface area contributed by atoms with Crippen molar-refractivity contribution in [2.24, 2.45) is 5.16 Å². The van der Waals surface area contributed by atoms with E-state index in [1.54, 1.807) is 6.92 Å². The first-order valence-electron chi connectivity index (χ1n) is 8.70. The number of nitro groups is 1. The number of nitrogens with one attached hydrogen (secondary N) is 1. The molecule has 0 bridgehead atoms. The number of non-ortho nitro benzene ring substituents is 1. The summed E-state index contributed by atoms with van der Waals surface area (Å²) in [5.41, 5.74) is 0.0737. The molecule has 0 aliphatic rings. The Kier molecular flexibility index (Phi) is 6.55. The molecule has 3 aromatic rings. The maximum absolute atomic E-state index is 13.5. The van der Waals surface area contributed by atoms with Crippen molar-refractivity contribution in [1.82, 2.24) is 10.3 Å². The van der Waals surface area contributed by atoms with Gasteiger partial charge in [-0.25, -0.2) is 9.02 Å². The number of amides is 1. The van der Waals surface area contributed by atoms with Gasteiger partial charge in [-0.05, 0) is 50.5 Å². The highest BCUT2D eigenvalue weighted by Crippen LogP contribution is 2.30. The third kappa shape index (κ3) is 4.66. The Labute approximate surface area is 182 Å². The molecule has 2 N–H and O–H groups in total. The van der Waals surface area contributed by atoms with Gasteiger partial charge in [-0.2, -0.15) is 0 Å². The van der Waals surface area contributed by atoms with Gasteiger partial charge in [0, 0.05) is 24.2 Å². The Morgan fingerprint density at radius 3 is 2.77 bits per heavy atom. The number of halogens is 2. The van der Waals surface area contributed by atoms with E-state index >= 15 is 0 Å². The fourth-order valence-corrected chi connectivity index (χ4v) is 2.99. The molecule has 31 heavy (non-hydrogen) atoms. The second-order valence-electron chi connectivity index (χ2n) is 6.00. The Bertz CT molecular complexity index is 1170. The highest BCUT2D eigenvalue weighted by atomic mass is 79.9. The number of nitrogens with zero attached hydrogens (tertiary/aromatic N) is 5. The molecule has 0 atom stereocenters. The van der Waals surface area contributed by atoms with E-state index < -0.39 is 16.6 Å². The molecule has 0 radical (unpaired) electrons. The largest absolute Gasteiger partial charge is 0.409 e. The standard InChI is InChI=1S/C18H14BrFN6O5/c1-2-15(27)25(11-4-3-5-12(9-11)26(29)30)18-16(23-31-24-18)17(22-28)21-10-6-7-14(20)13(19)8-10/h3-9,28H,2H2,1H3,(H,21,22). The fraction of sp³-hybridized carbons (Fsp3) is 0.111. The van der Waals surface area contributed by atoms with Crippen LogP contribution in [-0.2, 0) is 4.79 Å². The van der Waals surface area contributed by atoms with Gasteiger partial charge in [0.1, 0.15) is 5.82 Å². The summed E-state index contributed by atoms with van der Waals surface area (Å²) < 4.78 is 18.4. The molecule has 2 aromatic carbocycles. The zero-order valence-electron chi connectivity index (χ0n) is 15.8. The topological polar surface area (TPSA) is 147 Å². The van der Waals surface area contributed by atoms with Gasteiger partial charge in [-0.3, -0.25) is 19.8 Å². The number of hydrogen-bond acceptors (Lipinski definition) is 8. The summed E-state index contributed by atoms with van der Waals surface area (Å²) in [6, 6.07) is 9.29. The van der Waals surface area contributed by atoms with E-state index in [0.717, 1.165) is 4.90 Å². The molecule has 1 aromatic heterocycles. The normalized spacial score (nSPS) is 11.3. The minimum absolute atomic E-state index is 0.0267. The third-order valence-corrected chi connectivity index (χ3v) is 4.65. The van der Waals surface area contributed by atoms with Gasteiger partial charge in [0.25, 0.3) is 5.69 Å². The van der Waals surface area contributed by atoms with Gasteiger partial charge < -0.3 is 10.5 Å². The average Bonchev–Trinajstić information content (AvgIpc) is 3.23. The maximum Gasteiger partial charge on any atom is 0.271 e. The first-order chi connectivity index (χ1) is 14.8. The second kappa shape index (κ2) is 9.30. The molecule has 0 spiro atoms. The van der Waals surface area contributed by atoms with Crippen molar-refractivity contribution in [3.05, 3.63) is 68.6 Å². The Balaban J connectivity index is 2.04. The third-order valence-electron chi connectivity index (χ3n) is 4.04. The van der Waals surface area contributed by atoms with Crippen LogP contribution in [0.15, 0.2) is 56.7 Å². The van der Waals surface area contributed by atoms with Gasteiger partial charge in [-0.1, -0.05) is 18.1 Å². The van der Waals surface area contributed by atoms with Crippen molar-refractivity contribution < 1.29 is 23.9 Å². The van der Waals surface area contributed by atoms with Crippen LogP contribution in [0.1, 0.15) is 19.0 Å². The van der Waals surface area contributed by atoms with E-state index in [1.165, 1.54) is 42.5 Å². The van der Waals surface area contributed by atoms with Crippen LogP contribution < -0.4 is 10.2 Å². The molecule has 0 aliphatic heterocycles. The summed E-state index contributed by atoms with van der Waals surface area (Å²) in [5.74, 6) is -1.38. The molecule has 11 nitrogen and oxygen atoms in total. The summed E-state index contributed by atoms with van der Waals surface area (Å²) in [6.45, 7) is 1.59.